The summed E-state index contributed by atoms with van der Waals surface area (Å²) in [5, 5.41) is 32.1. The lowest BCUT2D eigenvalue weighted by molar-refractivity contribution is -0.0837. The zero-order valence-corrected chi connectivity index (χ0v) is 11.8. The van der Waals surface area contributed by atoms with Gasteiger partial charge in [0.25, 0.3) is 5.56 Å². The summed E-state index contributed by atoms with van der Waals surface area (Å²) >= 11 is 2.91. The monoisotopic (exact) mass is 363 g/mol. The summed E-state index contributed by atoms with van der Waals surface area (Å²) in [6.45, 7) is 0. The van der Waals surface area contributed by atoms with Gasteiger partial charge >= 0.3 is 5.69 Å². The fraction of sp³-hybridized carbons (Fsp3) is 0.556. The van der Waals surface area contributed by atoms with Crippen molar-refractivity contribution in [2.45, 2.75) is 30.8 Å². The van der Waals surface area contributed by atoms with E-state index in [4.69, 9.17) is 10.3 Å². The molecule has 1 fully saturated rings. The number of halogens is 1. The Labute approximate surface area is 124 Å². The van der Waals surface area contributed by atoms with Crippen LogP contribution in [0, 0.1) is 0 Å². The molecule has 1 aliphatic rings. The third kappa shape index (κ3) is 2.85. The van der Waals surface area contributed by atoms with Crippen molar-refractivity contribution in [1.29, 1.82) is 0 Å². The van der Waals surface area contributed by atoms with E-state index in [1.807, 2.05) is 4.98 Å². The predicted molar refractivity (Wildman–Crippen MR) is 70.1 cm³/mol. The third-order valence-corrected chi connectivity index (χ3v) is 3.50. The van der Waals surface area contributed by atoms with Gasteiger partial charge in [-0.05, 0) is 21.5 Å². The van der Waals surface area contributed by atoms with E-state index >= 15 is 0 Å². The molecule has 0 saturated carbocycles. The first-order valence-corrected chi connectivity index (χ1v) is 6.41. The molecule has 1 aromatic heterocycles. The smallest absolute Gasteiger partial charge is 0.330 e. The fourth-order valence-corrected chi connectivity index (χ4v) is 2.25. The summed E-state index contributed by atoms with van der Waals surface area (Å²) in [4.78, 5) is 27.3. The maximum Gasteiger partial charge on any atom is 0.330 e. The minimum absolute atomic E-state index is 0.00596. The Hall–Kier alpha value is -1.69. The fourth-order valence-electron chi connectivity index (χ4n) is 1.93. The molecule has 1 aromatic rings. The van der Waals surface area contributed by atoms with Gasteiger partial charge in [0.1, 0.15) is 18.3 Å². The number of H-pyrrole nitrogens is 1. The molecule has 4 N–H and O–H groups in total. The van der Waals surface area contributed by atoms with Crippen LogP contribution in [0.2, 0.25) is 0 Å². The molecule has 1 aliphatic heterocycles. The SMILES string of the molecule is [N-]=[N+]=NC(O)[C@H]1O[C@@H](n2cc(Br)c(=O)[nH]c2=O)[C@H](O)[C@@H]1O. The summed E-state index contributed by atoms with van der Waals surface area (Å²) in [5.74, 6) is 0. The highest BCUT2D eigenvalue weighted by Crippen LogP contribution is 2.30. The highest BCUT2D eigenvalue weighted by atomic mass is 79.9. The molecule has 2 rings (SSSR count). The second kappa shape index (κ2) is 5.97. The van der Waals surface area contributed by atoms with E-state index in [2.05, 4.69) is 26.0 Å². The Kier molecular flexibility index (Phi) is 4.46. The minimum atomic E-state index is -1.74. The molecule has 1 saturated heterocycles. The first kappa shape index (κ1) is 15.7. The van der Waals surface area contributed by atoms with Crippen molar-refractivity contribution < 1.29 is 20.1 Å². The Morgan fingerprint density at radius 1 is 1.48 bits per heavy atom. The van der Waals surface area contributed by atoms with Crippen LogP contribution >= 0.6 is 15.9 Å². The van der Waals surface area contributed by atoms with E-state index < -0.39 is 42.0 Å². The van der Waals surface area contributed by atoms with E-state index in [-0.39, 0.29) is 4.47 Å². The molecular formula is C9H10BrN5O6. The number of nitrogens with one attached hydrogen (secondary N) is 1. The van der Waals surface area contributed by atoms with Crippen LogP contribution in [0.3, 0.4) is 0 Å². The van der Waals surface area contributed by atoms with E-state index in [1.165, 1.54) is 0 Å². The number of hydrogen-bond donors (Lipinski definition) is 4. The molecule has 0 aromatic carbocycles. The van der Waals surface area contributed by atoms with Crippen LogP contribution in [-0.4, -0.2) is 49.4 Å². The average Bonchev–Trinajstić information content (AvgIpc) is 2.71. The molecule has 5 atom stereocenters. The van der Waals surface area contributed by atoms with Crippen molar-refractivity contribution in [2.24, 2.45) is 5.11 Å². The lowest BCUT2D eigenvalue weighted by Gasteiger charge is -2.17. The Balaban J connectivity index is 2.38. The number of aliphatic hydroxyl groups is 3. The van der Waals surface area contributed by atoms with Gasteiger partial charge in [0.05, 0.1) is 4.47 Å². The van der Waals surface area contributed by atoms with Crippen molar-refractivity contribution in [3.05, 3.63) is 42.0 Å². The molecule has 11 nitrogen and oxygen atoms in total. The first-order valence-electron chi connectivity index (χ1n) is 5.61. The largest absolute Gasteiger partial charge is 0.387 e. The first-order chi connectivity index (χ1) is 9.86. The van der Waals surface area contributed by atoms with Crippen molar-refractivity contribution in [3.63, 3.8) is 0 Å². The van der Waals surface area contributed by atoms with Crippen LogP contribution in [-0.2, 0) is 4.74 Å². The van der Waals surface area contributed by atoms with Crippen LogP contribution in [0.25, 0.3) is 10.4 Å². The topological polar surface area (TPSA) is 174 Å². The molecule has 0 amide bonds. The van der Waals surface area contributed by atoms with Gasteiger partial charge in [0.15, 0.2) is 12.5 Å². The van der Waals surface area contributed by atoms with Gasteiger partial charge in [-0.15, -0.1) is 0 Å². The van der Waals surface area contributed by atoms with Gasteiger partial charge < -0.3 is 20.1 Å². The predicted octanol–water partition coefficient (Wildman–Crippen LogP) is -1.45. The van der Waals surface area contributed by atoms with E-state index in [0.29, 0.717) is 0 Å². The minimum Gasteiger partial charge on any atom is -0.387 e. The van der Waals surface area contributed by atoms with Gasteiger partial charge in [-0.25, -0.2) is 4.79 Å². The van der Waals surface area contributed by atoms with Crippen molar-refractivity contribution in [2.75, 3.05) is 0 Å². The number of nitrogens with zero attached hydrogens (tertiary/aromatic N) is 4. The van der Waals surface area contributed by atoms with Crippen molar-refractivity contribution in [1.82, 2.24) is 9.55 Å². The molecule has 2 heterocycles. The molecule has 0 spiro atoms. The molecule has 0 radical (unpaired) electrons. The summed E-state index contributed by atoms with van der Waals surface area (Å²) in [5.41, 5.74) is 6.69. The molecule has 0 bridgehead atoms. The van der Waals surface area contributed by atoms with Crippen LogP contribution < -0.4 is 11.2 Å². The summed E-state index contributed by atoms with van der Waals surface area (Å²) < 4.78 is 6.01. The van der Waals surface area contributed by atoms with Gasteiger partial charge in [-0.1, -0.05) is 5.11 Å². The van der Waals surface area contributed by atoms with Crippen LogP contribution in [0.5, 0.6) is 0 Å². The third-order valence-electron chi connectivity index (χ3n) is 2.94. The molecular weight excluding hydrogens is 354 g/mol. The number of aromatic nitrogens is 2. The molecule has 21 heavy (non-hydrogen) atoms. The zero-order chi connectivity index (χ0) is 15.7. The summed E-state index contributed by atoms with van der Waals surface area (Å²) in [7, 11) is 0. The number of azide groups is 1. The average molecular weight is 364 g/mol. The van der Waals surface area contributed by atoms with Crippen molar-refractivity contribution >= 4 is 15.9 Å². The molecule has 1 unspecified atom stereocenters. The second-order valence-corrected chi connectivity index (χ2v) is 5.09. The highest BCUT2D eigenvalue weighted by molar-refractivity contribution is 9.10. The maximum absolute atomic E-state index is 11.7. The molecule has 12 heteroatoms. The van der Waals surface area contributed by atoms with Crippen LogP contribution in [0.1, 0.15) is 6.23 Å². The Morgan fingerprint density at radius 3 is 2.76 bits per heavy atom. The number of hydrogen-bond acceptors (Lipinski definition) is 7. The van der Waals surface area contributed by atoms with E-state index in [1.54, 1.807) is 0 Å². The van der Waals surface area contributed by atoms with Gasteiger partial charge in [-0.2, -0.15) is 0 Å². The number of rotatable bonds is 3. The number of ether oxygens (including phenoxy) is 1. The van der Waals surface area contributed by atoms with E-state index in [0.717, 1.165) is 10.8 Å². The molecule has 114 valence electrons. The van der Waals surface area contributed by atoms with Crippen LogP contribution in [0.4, 0.5) is 0 Å². The number of aliphatic hydroxyl groups excluding tert-OH is 3. The highest BCUT2D eigenvalue weighted by Gasteiger charge is 2.47. The zero-order valence-electron chi connectivity index (χ0n) is 10.2. The quantitative estimate of drug-likeness (QED) is 0.290. The summed E-state index contributed by atoms with van der Waals surface area (Å²) in [6.07, 6.45) is -6.62. The lowest BCUT2D eigenvalue weighted by Crippen LogP contribution is -2.39. The Bertz CT molecular complexity index is 697. The van der Waals surface area contributed by atoms with Gasteiger partial charge in [-0.3, -0.25) is 14.3 Å². The second-order valence-electron chi connectivity index (χ2n) is 4.23. The normalized spacial score (nSPS) is 29.9. The molecule has 0 aliphatic carbocycles. The maximum atomic E-state index is 11.7. The van der Waals surface area contributed by atoms with Crippen molar-refractivity contribution in [3.8, 4) is 0 Å². The van der Waals surface area contributed by atoms with Gasteiger partial charge in [0.2, 0.25) is 0 Å². The standard InChI is InChI=1S/C9H10BrN5O6/c10-2-1-15(9(20)12-6(2)18)8-4(17)3(16)5(21-8)7(19)13-14-11/h1,3-5,7-8,16-17,19H,(H,12,18,20)/t3-,4+,5-,7?,8+/m0/s1. The van der Waals surface area contributed by atoms with Gasteiger partial charge in [0, 0.05) is 11.1 Å². The Morgan fingerprint density at radius 2 is 2.14 bits per heavy atom. The van der Waals surface area contributed by atoms with Crippen LogP contribution in [0.15, 0.2) is 25.4 Å². The van der Waals surface area contributed by atoms with E-state index in [9.17, 15) is 24.9 Å². The number of aromatic amines is 1. The lowest BCUT2D eigenvalue weighted by atomic mass is 10.1. The summed E-state index contributed by atoms with van der Waals surface area (Å²) in [6, 6.07) is 0.